The van der Waals surface area contributed by atoms with Gasteiger partial charge in [-0.1, -0.05) is 6.92 Å². The topological polar surface area (TPSA) is 124 Å². The number of rotatable bonds is 5. The number of hydrogen-bond acceptors (Lipinski definition) is 9. The van der Waals surface area contributed by atoms with Crippen molar-refractivity contribution in [3.8, 4) is 17.1 Å². The zero-order chi connectivity index (χ0) is 27.3. The van der Waals surface area contributed by atoms with E-state index in [0.29, 0.717) is 41.1 Å². The number of halogens is 1. The Balaban J connectivity index is 1.20. The molecule has 1 saturated carbocycles. The van der Waals surface area contributed by atoms with Gasteiger partial charge in [-0.05, 0) is 73.3 Å². The summed E-state index contributed by atoms with van der Waals surface area (Å²) in [6.07, 6.45) is 4.30. The van der Waals surface area contributed by atoms with Gasteiger partial charge in [-0.3, -0.25) is 4.79 Å². The summed E-state index contributed by atoms with van der Waals surface area (Å²) in [5, 5.41) is 16.9. The minimum Gasteiger partial charge on any atom is -0.421 e. The highest BCUT2D eigenvalue weighted by Crippen LogP contribution is 2.41. The first-order valence-electron chi connectivity index (χ1n) is 13.2. The van der Waals surface area contributed by atoms with E-state index in [1.165, 1.54) is 0 Å². The van der Waals surface area contributed by atoms with Crippen LogP contribution in [0.5, 0.6) is 0 Å². The number of nitrogens with one attached hydrogen (secondary N) is 1. The molecule has 0 radical (unpaired) electrons. The molecule has 4 aromatic rings. The molecule has 204 valence electrons. The monoisotopic (exact) mass is 594 g/mol. The van der Waals surface area contributed by atoms with Crippen LogP contribution in [0, 0.1) is 12.3 Å². The maximum atomic E-state index is 13.5. The van der Waals surface area contributed by atoms with Crippen LogP contribution in [0.1, 0.15) is 45.9 Å². The molecule has 39 heavy (non-hydrogen) atoms. The smallest absolute Gasteiger partial charge is 0.247 e. The Morgan fingerprint density at radius 3 is 2.59 bits per heavy atom. The number of fused-ring (bicyclic) bond motifs is 1. The zero-order valence-electron chi connectivity index (χ0n) is 22.4. The summed E-state index contributed by atoms with van der Waals surface area (Å²) in [7, 11) is 0. The van der Waals surface area contributed by atoms with E-state index in [1.54, 1.807) is 17.8 Å². The number of carbonyl (C=O) groups excluding carboxylic acids is 1. The minimum atomic E-state index is -0.415. The molecule has 3 aromatic heterocycles. The number of benzene rings is 1. The Bertz CT molecular complexity index is 1510. The van der Waals surface area contributed by atoms with E-state index >= 15 is 0 Å². The number of carbonyl (C=O) groups is 1. The van der Waals surface area contributed by atoms with Gasteiger partial charge in [-0.15, -0.1) is 10.2 Å². The predicted molar refractivity (Wildman–Crippen MR) is 148 cm³/mol. The van der Waals surface area contributed by atoms with Gasteiger partial charge in [-0.2, -0.15) is 10.1 Å². The summed E-state index contributed by atoms with van der Waals surface area (Å²) in [6, 6.07) is 7.80. The molecule has 2 aliphatic rings. The summed E-state index contributed by atoms with van der Waals surface area (Å²) in [6.45, 7) is 9.18. The summed E-state index contributed by atoms with van der Waals surface area (Å²) < 4.78 is 13.8. The number of aromatic nitrogens is 6. The first-order valence-corrected chi connectivity index (χ1v) is 14.0. The van der Waals surface area contributed by atoms with Crippen LogP contribution in [0.3, 0.4) is 0 Å². The van der Waals surface area contributed by atoms with Crippen LogP contribution < -0.4 is 5.32 Å². The quantitative estimate of drug-likeness (QED) is 0.354. The molecule has 1 unspecified atom stereocenters. The Morgan fingerprint density at radius 1 is 1.15 bits per heavy atom. The van der Waals surface area contributed by atoms with Crippen molar-refractivity contribution >= 4 is 38.8 Å². The van der Waals surface area contributed by atoms with Gasteiger partial charge >= 0.3 is 0 Å². The van der Waals surface area contributed by atoms with Crippen molar-refractivity contribution in [1.82, 2.24) is 34.8 Å². The van der Waals surface area contributed by atoms with Gasteiger partial charge < -0.3 is 19.4 Å². The van der Waals surface area contributed by atoms with Crippen LogP contribution in [-0.4, -0.2) is 72.1 Å². The van der Waals surface area contributed by atoms with Crippen molar-refractivity contribution in [3.63, 3.8) is 0 Å². The van der Waals surface area contributed by atoms with Gasteiger partial charge in [-0.25, -0.2) is 9.67 Å². The Labute approximate surface area is 234 Å². The Morgan fingerprint density at radius 2 is 1.90 bits per heavy atom. The molecule has 1 saturated heterocycles. The van der Waals surface area contributed by atoms with Crippen molar-refractivity contribution in [2.45, 2.75) is 65.2 Å². The lowest BCUT2D eigenvalue weighted by atomic mass is 9.86. The van der Waals surface area contributed by atoms with Crippen LogP contribution in [0.4, 0.5) is 5.95 Å². The zero-order valence-corrected chi connectivity index (χ0v) is 24.0. The molecule has 1 aliphatic heterocycles. The molecule has 4 heterocycles. The molecule has 1 aromatic carbocycles. The average molecular weight is 596 g/mol. The lowest BCUT2D eigenvalue weighted by Crippen LogP contribution is -2.52. The SMILES string of the molecule is Cc1nnc(-c2ccc(-n3nc(Br)c4cnc(N[C@@H]5CCC(C)(C(=O)N6C[C@@H](C)O[C@H](C)C6)C5)nc43)cc2)o1. The van der Waals surface area contributed by atoms with Crippen molar-refractivity contribution in [1.29, 1.82) is 0 Å². The summed E-state index contributed by atoms with van der Waals surface area (Å²) in [5.41, 5.74) is 1.92. The normalized spacial score (nSPS) is 25.4. The second-order valence-electron chi connectivity index (χ2n) is 10.9. The molecule has 1 aliphatic carbocycles. The third kappa shape index (κ3) is 5.03. The Hall–Kier alpha value is -3.38. The second kappa shape index (κ2) is 9.98. The van der Waals surface area contributed by atoms with E-state index in [0.717, 1.165) is 35.9 Å². The van der Waals surface area contributed by atoms with Crippen molar-refractivity contribution in [3.05, 3.63) is 41.0 Å². The van der Waals surface area contributed by atoms with Gasteiger partial charge in [0, 0.05) is 43.2 Å². The van der Waals surface area contributed by atoms with E-state index in [9.17, 15) is 4.79 Å². The fourth-order valence-corrected chi connectivity index (χ4v) is 6.18. The standard InChI is InChI=1S/C27H31BrN8O3/c1-15-13-35(14-16(2)38-15)25(37)27(4)10-9-19(11-27)30-26-29-12-21-22(28)34-36(23(21)31-26)20-7-5-18(6-8-20)24-33-32-17(3)39-24/h5-8,12,15-16,19H,9-11,13-14H2,1-4H3,(H,29,30,31)/t15-,16-,19-,27?/m1/s1. The summed E-state index contributed by atoms with van der Waals surface area (Å²) >= 11 is 3.54. The predicted octanol–water partition coefficient (Wildman–Crippen LogP) is 4.54. The third-order valence-electron chi connectivity index (χ3n) is 7.56. The molecule has 12 heteroatoms. The molecule has 0 spiro atoms. The molecule has 6 rings (SSSR count). The summed E-state index contributed by atoms with van der Waals surface area (Å²) in [4.78, 5) is 24.8. The van der Waals surface area contributed by atoms with Crippen molar-refractivity contribution in [2.75, 3.05) is 18.4 Å². The molecule has 4 atom stereocenters. The largest absolute Gasteiger partial charge is 0.421 e. The van der Waals surface area contributed by atoms with Gasteiger partial charge in [0.25, 0.3) is 0 Å². The number of anilines is 1. The van der Waals surface area contributed by atoms with Crippen molar-refractivity contribution < 1.29 is 13.9 Å². The molecule has 11 nitrogen and oxygen atoms in total. The maximum absolute atomic E-state index is 13.5. The van der Waals surface area contributed by atoms with Gasteiger partial charge in [0.1, 0.15) is 4.60 Å². The number of aryl methyl sites for hydroxylation is 1. The highest BCUT2D eigenvalue weighted by Gasteiger charge is 2.44. The van der Waals surface area contributed by atoms with E-state index in [2.05, 4.69) is 48.5 Å². The summed E-state index contributed by atoms with van der Waals surface area (Å²) in [5.74, 6) is 1.72. The number of amides is 1. The van der Waals surface area contributed by atoms with E-state index in [1.807, 2.05) is 43.0 Å². The van der Waals surface area contributed by atoms with Crippen LogP contribution >= 0.6 is 15.9 Å². The van der Waals surface area contributed by atoms with Gasteiger partial charge in [0.15, 0.2) is 5.65 Å². The van der Waals surface area contributed by atoms with Crippen molar-refractivity contribution in [2.24, 2.45) is 5.41 Å². The van der Waals surface area contributed by atoms with Crippen LogP contribution in [0.25, 0.3) is 28.2 Å². The second-order valence-corrected chi connectivity index (χ2v) is 11.7. The highest BCUT2D eigenvalue weighted by molar-refractivity contribution is 9.10. The number of morpholine rings is 1. The maximum Gasteiger partial charge on any atom is 0.247 e. The fourth-order valence-electron chi connectivity index (χ4n) is 5.74. The molecule has 1 N–H and O–H groups in total. The number of ether oxygens (including phenoxy) is 1. The lowest BCUT2D eigenvalue weighted by molar-refractivity contribution is -0.152. The van der Waals surface area contributed by atoms with Gasteiger partial charge in [0.05, 0.1) is 23.3 Å². The molecular formula is C27H31BrN8O3. The first kappa shape index (κ1) is 25.9. The molecule has 1 amide bonds. The Kier molecular flexibility index (Phi) is 6.62. The van der Waals surface area contributed by atoms with Crippen LogP contribution in [-0.2, 0) is 9.53 Å². The average Bonchev–Trinajstić information content (AvgIpc) is 3.60. The van der Waals surface area contributed by atoms with E-state index < -0.39 is 5.41 Å². The van der Waals surface area contributed by atoms with E-state index in [-0.39, 0.29) is 24.2 Å². The highest BCUT2D eigenvalue weighted by atomic mass is 79.9. The van der Waals surface area contributed by atoms with E-state index in [4.69, 9.17) is 14.1 Å². The third-order valence-corrected chi connectivity index (χ3v) is 8.15. The van der Waals surface area contributed by atoms with Crippen LogP contribution in [0.15, 0.2) is 39.5 Å². The minimum absolute atomic E-state index is 0.0557. The number of nitrogens with zero attached hydrogens (tertiary/aromatic N) is 7. The molecule has 0 bridgehead atoms. The van der Waals surface area contributed by atoms with Crippen LogP contribution in [0.2, 0.25) is 0 Å². The number of hydrogen-bond donors (Lipinski definition) is 1. The fraction of sp³-hybridized carbons (Fsp3) is 0.481. The lowest BCUT2D eigenvalue weighted by Gasteiger charge is -2.39. The first-order chi connectivity index (χ1) is 18.7. The van der Waals surface area contributed by atoms with Gasteiger partial charge in [0.2, 0.25) is 23.6 Å². The molecular weight excluding hydrogens is 564 g/mol. The molecule has 2 fully saturated rings.